The van der Waals surface area contributed by atoms with E-state index >= 15 is 0 Å². The monoisotopic (exact) mass is 509 g/mol. The molecule has 2 aromatic rings. The fraction of sp³-hybridized carbons (Fsp3) is 0.542. The summed E-state index contributed by atoms with van der Waals surface area (Å²) < 4.78 is 40.0. The Hall–Kier alpha value is -2.82. The second kappa shape index (κ2) is 10.8. The molecule has 2 fully saturated rings. The van der Waals surface area contributed by atoms with E-state index in [1.165, 1.54) is 17.4 Å². The molecule has 4 rings (SSSR count). The molecular weight excluding hydrogens is 479 g/mol. The second-order valence-corrected chi connectivity index (χ2v) is 9.83. The lowest BCUT2D eigenvalue weighted by Crippen LogP contribution is -2.44. The third-order valence-electron chi connectivity index (χ3n) is 6.43. The van der Waals surface area contributed by atoms with Crippen LogP contribution in [0.5, 0.6) is 0 Å². The minimum atomic E-state index is -4.50. The van der Waals surface area contributed by atoms with Crippen molar-refractivity contribution in [2.75, 3.05) is 42.9 Å². The number of halogens is 3. The first-order chi connectivity index (χ1) is 16.8. The zero-order chi connectivity index (χ0) is 25.0. The largest absolute Gasteiger partial charge is 0.416 e. The van der Waals surface area contributed by atoms with Gasteiger partial charge in [0.25, 0.3) is 5.91 Å². The smallest absolute Gasteiger partial charge is 0.370 e. The van der Waals surface area contributed by atoms with Gasteiger partial charge in [-0.2, -0.15) is 13.2 Å². The summed E-state index contributed by atoms with van der Waals surface area (Å²) in [6.07, 6.45) is -0.196. The molecular formula is C24H30F3N5O2S. The molecule has 1 aromatic heterocycles. The molecule has 3 amide bonds. The van der Waals surface area contributed by atoms with Gasteiger partial charge in [0.15, 0.2) is 0 Å². The molecule has 3 heterocycles. The molecule has 35 heavy (non-hydrogen) atoms. The zero-order valence-electron chi connectivity index (χ0n) is 19.7. The lowest BCUT2D eigenvalue weighted by Gasteiger charge is -2.31. The molecule has 2 saturated heterocycles. The molecule has 7 nitrogen and oxygen atoms in total. The van der Waals surface area contributed by atoms with Crippen LogP contribution in [-0.2, 0) is 6.18 Å². The van der Waals surface area contributed by atoms with Gasteiger partial charge in [0.1, 0.15) is 5.69 Å². The fourth-order valence-electron chi connectivity index (χ4n) is 4.49. The van der Waals surface area contributed by atoms with Crippen molar-refractivity contribution in [2.45, 2.75) is 51.1 Å². The number of piperidine rings is 1. The van der Waals surface area contributed by atoms with Crippen molar-refractivity contribution in [1.82, 2.24) is 15.2 Å². The maximum absolute atomic E-state index is 13.3. The van der Waals surface area contributed by atoms with Crippen LogP contribution in [0.4, 0.5) is 29.3 Å². The Bertz CT molecular complexity index is 1040. The summed E-state index contributed by atoms with van der Waals surface area (Å²) in [6.45, 7) is 5.36. The van der Waals surface area contributed by atoms with Crippen LogP contribution in [0.15, 0.2) is 23.6 Å². The average molecular weight is 510 g/mol. The van der Waals surface area contributed by atoms with Crippen molar-refractivity contribution in [3.8, 4) is 0 Å². The first kappa shape index (κ1) is 25.3. The van der Waals surface area contributed by atoms with Crippen LogP contribution >= 0.6 is 11.3 Å². The highest BCUT2D eigenvalue weighted by atomic mass is 32.1. The Morgan fingerprint density at radius 3 is 2.51 bits per heavy atom. The molecule has 11 heteroatoms. The Morgan fingerprint density at radius 2 is 1.86 bits per heavy atom. The number of nitrogens with one attached hydrogen (secondary N) is 2. The quantitative estimate of drug-likeness (QED) is 0.553. The van der Waals surface area contributed by atoms with Crippen molar-refractivity contribution in [1.29, 1.82) is 0 Å². The van der Waals surface area contributed by atoms with Gasteiger partial charge in [-0.25, -0.2) is 9.78 Å². The van der Waals surface area contributed by atoms with Gasteiger partial charge < -0.3 is 20.4 Å². The molecule has 0 radical (unpaired) electrons. The van der Waals surface area contributed by atoms with Gasteiger partial charge in [0, 0.05) is 44.0 Å². The van der Waals surface area contributed by atoms with E-state index in [2.05, 4.69) is 15.6 Å². The van der Waals surface area contributed by atoms with Crippen molar-refractivity contribution < 1.29 is 22.8 Å². The number of aromatic nitrogens is 1. The minimum absolute atomic E-state index is 0.0561. The molecule has 0 unspecified atom stereocenters. The number of nitrogens with zero attached hydrogens (tertiary/aromatic N) is 3. The van der Waals surface area contributed by atoms with E-state index in [4.69, 9.17) is 0 Å². The van der Waals surface area contributed by atoms with Crippen molar-refractivity contribution in [3.63, 3.8) is 0 Å². The standard InChI is InChI=1S/C24H30F3N5O2S/c1-2-9-28-23(34)32-12-7-16(8-13-32)22-30-19(15-35-22)21(33)29-18-14-17(24(25,26)27)5-6-20(18)31-10-3-4-11-31/h5-6,14-16H,2-4,7-13H2,1H3,(H,28,34)(H,29,33). The molecule has 2 aliphatic rings. The van der Waals surface area contributed by atoms with Gasteiger partial charge in [-0.3, -0.25) is 4.79 Å². The number of urea groups is 1. The van der Waals surface area contributed by atoms with Crippen LogP contribution in [0.1, 0.15) is 66.0 Å². The number of carbonyl (C=O) groups excluding carboxylic acids is 2. The molecule has 0 aliphatic carbocycles. The van der Waals surface area contributed by atoms with Crippen LogP contribution in [0.25, 0.3) is 0 Å². The van der Waals surface area contributed by atoms with E-state index in [1.54, 1.807) is 10.3 Å². The van der Waals surface area contributed by atoms with E-state index < -0.39 is 17.6 Å². The number of likely N-dealkylation sites (tertiary alicyclic amines) is 1. The maximum atomic E-state index is 13.3. The topological polar surface area (TPSA) is 77.6 Å². The summed E-state index contributed by atoms with van der Waals surface area (Å²) in [5, 5.41) is 8.02. The zero-order valence-corrected chi connectivity index (χ0v) is 20.5. The molecule has 0 atom stereocenters. The van der Waals surface area contributed by atoms with Crippen LogP contribution in [0.3, 0.4) is 0 Å². The molecule has 2 aliphatic heterocycles. The number of carbonyl (C=O) groups is 2. The number of rotatable bonds is 6. The maximum Gasteiger partial charge on any atom is 0.416 e. The summed E-state index contributed by atoms with van der Waals surface area (Å²) in [7, 11) is 0. The number of hydrogen-bond donors (Lipinski definition) is 2. The fourth-order valence-corrected chi connectivity index (χ4v) is 5.46. The summed E-state index contributed by atoms with van der Waals surface area (Å²) in [6, 6.07) is 3.43. The van der Waals surface area contributed by atoms with Gasteiger partial charge >= 0.3 is 12.2 Å². The van der Waals surface area contributed by atoms with Gasteiger partial charge in [-0.05, 0) is 50.3 Å². The summed E-state index contributed by atoms with van der Waals surface area (Å²) in [5.74, 6) is -0.380. The number of benzene rings is 1. The highest BCUT2D eigenvalue weighted by Gasteiger charge is 2.32. The number of amides is 3. The lowest BCUT2D eigenvalue weighted by molar-refractivity contribution is -0.137. The lowest BCUT2D eigenvalue weighted by atomic mass is 9.98. The van der Waals surface area contributed by atoms with E-state index in [9.17, 15) is 22.8 Å². The number of anilines is 2. The van der Waals surface area contributed by atoms with E-state index in [1.807, 2.05) is 11.8 Å². The molecule has 0 saturated carbocycles. The summed E-state index contributed by atoms with van der Waals surface area (Å²) in [5.41, 5.74) is 0.128. The second-order valence-electron chi connectivity index (χ2n) is 8.94. The van der Waals surface area contributed by atoms with Gasteiger partial charge in [0.05, 0.1) is 21.9 Å². The van der Waals surface area contributed by atoms with Crippen LogP contribution in [0, 0.1) is 0 Å². The summed E-state index contributed by atoms with van der Waals surface area (Å²) in [4.78, 5) is 33.4. The minimum Gasteiger partial charge on any atom is -0.370 e. The molecule has 0 spiro atoms. The van der Waals surface area contributed by atoms with Crippen molar-refractivity contribution in [2.24, 2.45) is 0 Å². The van der Waals surface area contributed by atoms with Crippen LogP contribution in [0.2, 0.25) is 0 Å². The van der Waals surface area contributed by atoms with Gasteiger partial charge in [-0.15, -0.1) is 11.3 Å². The van der Waals surface area contributed by atoms with Gasteiger partial charge in [-0.1, -0.05) is 6.92 Å². The van der Waals surface area contributed by atoms with Crippen LogP contribution < -0.4 is 15.5 Å². The number of thiazole rings is 1. The number of alkyl halides is 3. The Labute approximate surface area is 206 Å². The Morgan fingerprint density at radius 1 is 1.14 bits per heavy atom. The third-order valence-corrected chi connectivity index (χ3v) is 7.44. The normalized spacial score (nSPS) is 17.0. The molecule has 0 bridgehead atoms. The van der Waals surface area contributed by atoms with Crippen LogP contribution in [-0.4, -0.2) is 54.5 Å². The van der Waals surface area contributed by atoms with E-state index in [-0.39, 0.29) is 23.3 Å². The Balaban J connectivity index is 1.43. The predicted octanol–water partition coefficient (Wildman–Crippen LogP) is 5.31. The van der Waals surface area contributed by atoms with E-state index in [0.717, 1.165) is 62.3 Å². The first-order valence-corrected chi connectivity index (χ1v) is 12.9. The van der Waals surface area contributed by atoms with E-state index in [0.29, 0.717) is 25.3 Å². The SMILES string of the molecule is CCCNC(=O)N1CCC(c2nc(C(=O)Nc3cc(C(F)(F)F)ccc3N3CCCC3)cs2)CC1. The number of hydrogen-bond acceptors (Lipinski definition) is 5. The highest BCUT2D eigenvalue weighted by molar-refractivity contribution is 7.10. The molecule has 2 N–H and O–H groups in total. The predicted molar refractivity (Wildman–Crippen MR) is 130 cm³/mol. The molecule has 1 aromatic carbocycles. The van der Waals surface area contributed by atoms with Crippen molar-refractivity contribution in [3.05, 3.63) is 39.8 Å². The van der Waals surface area contributed by atoms with Crippen molar-refractivity contribution >= 4 is 34.6 Å². The average Bonchev–Trinajstić information content (AvgIpc) is 3.55. The van der Waals surface area contributed by atoms with Gasteiger partial charge in [0.2, 0.25) is 0 Å². The first-order valence-electron chi connectivity index (χ1n) is 12.0. The third kappa shape index (κ3) is 6.06. The Kier molecular flexibility index (Phi) is 7.83. The summed E-state index contributed by atoms with van der Waals surface area (Å²) >= 11 is 1.37. The highest BCUT2D eigenvalue weighted by Crippen LogP contribution is 2.37. The molecule has 190 valence electrons.